The minimum Gasteiger partial charge on any atom is -0.497 e. The summed E-state index contributed by atoms with van der Waals surface area (Å²) in [5.41, 5.74) is 3.94. The summed E-state index contributed by atoms with van der Waals surface area (Å²) in [6.45, 7) is 0.834. The molecule has 1 saturated carbocycles. The molecule has 1 saturated heterocycles. The van der Waals surface area contributed by atoms with Gasteiger partial charge in [0.15, 0.2) is 0 Å². The van der Waals surface area contributed by atoms with Gasteiger partial charge in [-0.05, 0) is 67.1 Å². The highest BCUT2D eigenvalue weighted by Gasteiger charge is 2.46. The zero-order valence-corrected chi connectivity index (χ0v) is 17.8. The molecular formula is C26H28N2O3. The van der Waals surface area contributed by atoms with Crippen molar-refractivity contribution in [3.05, 3.63) is 59.2 Å². The van der Waals surface area contributed by atoms with Crippen LogP contribution >= 0.6 is 0 Å². The van der Waals surface area contributed by atoms with E-state index in [2.05, 4.69) is 28.1 Å². The van der Waals surface area contributed by atoms with E-state index in [1.165, 1.54) is 12.8 Å². The molecule has 0 bridgehead atoms. The summed E-state index contributed by atoms with van der Waals surface area (Å²) in [5, 5.41) is 13.4. The highest BCUT2D eigenvalue weighted by molar-refractivity contribution is 5.78. The number of hydrogen-bond acceptors (Lipinski definition) is 4. The Morgan fingerprint density at radius 2 is 1.97 bits per heavy atom. The lowest BCUT2D eigenvalue weighted by Crippen LogP contribution is -2.43. The van der Waals surface area contributed by atoms with Crippen LogP contribution in [-0.2, 0) is 4.79 Å². The second kappa shape index (κ2) is 8.28. The molecule has 0 spiro atoms. The Kier molecular flexibility index (Phi) is 5.33. The number of aliphatic hydroxyl groups is 1. The average molecular weight is 417 g/mol. The molecule has 0 radical (unpaired) electrons. The molecule has 2 aromatic rings. The minimum absolute atomic E-state index is 0.0122. The van der Waals surface area contributed by atoms with E-state index in [4.69, 9.17) is 4.74 Å². The van der Waals surface area contributed by atoms with Gasteiger partial charge in [-0.15, -0.1) is 0 Å². The highest BCUT2D eigenvalue weighted by Crippen LogP contribution is 2.47. The van der Waals surface area contributed by atoms with Gasteiger partial charge in [0.05, 0.1) is 25.8 Å². The van der Waals surface area contributed by atoms with Gasteiger partial charge in [0.1, 0.15) is 5.75 Å². The second-order valence-corrected chi connectivity index (χ2v) is 8.85. The van der Waals surface area contributed by atoms with Crippen molar-refractivity contribution in [2.75, 3.05) is 25.6 Å². The fourth-order valence-corrected chi connectivity index (χ4v) is 4.95. The Hall–Kier alpha value is -2.97. The molecule has 3 aliphatic rings. The number of ether oxygens (including phenoxy) is 1. The number of benzene rings is 2. The maximum Gasteiger partial charge on any atom is 0.223 e. The molecule has 2 aliphatic heterocycles. The summed E-state index contributed by atoms with van der Waals surface area (Å²) >= 11 is 0. The molecule has 5 heteroatoms. The number of hydrogen-bond donors (Lipinski definition) is 2. The molecule has 31 heavy (non-hydrogen) atoms. The number of rotatable bonds is 4. The van der Waals surface area contributed by atoms with Gasteiger partial charge in [-0.25, -0.2) is 0 Å². The van der Waals surface area contributed by atoms with Crippen LogP contribution in [0.5, 0.6) is 5.75 Å². The molecule has 3 atom stereocenters. The van der Waals surface area contributed by atoms with E-state index in [9.17, 15) is 9.90 Å². The maximum atomic E-state index is 13.0. The molecular weight excluding hydrogens is 388 g/mol. The Morgan fingerprint density at radius 3 is 2.71 bits per heavy atom. The monoisotopic (exact) mass is 416 g/mol. The topological polar surface area (TPSA) is 61.8 Å². The van der Waals surface area contributed by atoms with Crippen LogP contribution in [0.15, 0.2) is 42.5 Å². The molecule has 0 aromatic heterocycles. The largest absolute Gasteiger partial charge is 0.497 e. The molecule has 1 amide bonds. The van der Waals surface area contributed by atoms with Crippen LogP contribution < -0.4 is 10.1 Å². The van der Waals surface area contributed by atoms with Gasteiger partial charge in [-0.3, -0.25) is 4.79 Å². The van der Waals surface area contributed by atoms with Crippen LogP contribution in [0.4, 0.5) is 5.69 Å². The third-order valence-electron chi connectivity index (χ3n) is 6.77. The minimum atomic E-state index is -0.0232. The van der Waals surface area contributed by atoms with E-state index in [1.807, 2.05) is 36.4 Å². The van der Waals surface area contributed by atoms with E-state index in [-0.39, 0.29) is 30.5 Å². The molecule has 0 unspecified atom stereocenters. The summed E-state index contributed by atoms with van der Waals surface area (Å²) in [4.78, 5) is 15.1. The summed E-state index contributed by atoms with van der Waals surface area (Å²) in [6.07, 6.45) is 3.92. The number of carbonyl (C=O) groups is 1. The van der Waals surface area contributed by atoms with Crippen molar-refractivity contribution < 1.29 is 14.6 Å². The molecule has 2 N–H and O–H groups in total. The number of anilines is 1. The predicted octanol–water partition coefficient (Wildman–Crippen LogP) is 3.57. The lowest BCUT2D eigenvalue weighted by molar-refractivity contribution is -0.133. The number of likely N-dealkylation sites (tertiary alicyclic amines) is 1. The molecule has 1 aliphatic carbocycles. The van der Waals surface area contributed by atoms with Gasteiger partial charge in [0.25, 0.3) is 0 Å². The number of nitrogens with one attached hydrogen (secondary N) is 1. The highest BCUT2D eigenvalue weighted by atomic mass is 16.5. The number of methoxy groups -OCH3 is 1. The van der Waals surface area contributed by atoms with Crippen molar-refractivity contribution in [3.63, 3.8) is 0 Å². The third-order valence-corrected chi connectivity index (χ3v) is 6.77. The van der Waals surface area contributed by atoms with Crippen molar-refractivity contribution in [1.82, 2.24) is 4.90 Å². The first kappa shape index (κ1) is 20.0. The normalized spacial score (nSPS) is 23.8. The number of nitrogens with zero attached hydrogens (tertiary/aromatic N) is 1. The van der Waals surface area contributed by atoms with Crippen molar-refractivity contribution in [3.8, 4) is 17.6 Å². The summed E-state index contributed by atoms with van der Waals surface area (Å²) in [6, 6.07) is 13.9. The van der Waals surface area contributed by atoms with Crippen LogP contribution in [0, 0.1) is 23.7 Å². The number of amides is 1. The number of carbonyl (C=O) groups excluding carboxylic acids is 1. The SMILES string of the molecule is COc1cccc(C#Cc2ccc3c(c2)[C@H]2[C@H](CCN2C(=O)CC2CC2)[C@@H](CO)N3)c1. The lowest BCUT2D eigenvalue weighted by atomic mass is 9.82. The van der Waals surface area contributed by atoms with Crippen LogP contribution in [0.25, 0.3) is 0 Å². The summed E-state index contributed by atoms with van der Waals surface area (Å²) in [5.74, 6) is 8.33. The standard InChI is InChI=1S/C26H28N2O3/c1-31-20-4-2-3-17(13-20)5-6-18-9-10-23-22(14-18)26-21(24(16-29)27-23)11-12-28(26)25(30)15-19-7-8-19/h2-4,9-10,13-14,19,21,24,26-27,29H,7-8,11-12,15-16H2,1H3/t21-,24-,26-/m1/s1. The Balaban J connectivity index is 1.46. The first-order valence-corrected chi connectivity index (χ1v) is 11.1. The smallest absolute Gasteiger partial charge is 0.223 e. The van der Waals surface area contributed by atoms with Crippen molar-refractivity contribution >= 4 is 11.6 Å². The summed E-state index contributed by atoms with van der Waals surface area (Å²) in [7, 11) is 1.65. The van der Waals surface area contributed by atoms with E-state index >= 15 is 0 Å². The summed E-state index contributed by atoms with van der Waals surface area (Å²) < 4.78 is 5.28. The Bertz CT molecular complexity index is 1050. The van der Waals surface area contributed by atoms with E-state index in [1.54, 1.807) is 7.11 Å². The number of aliphatic hydroxyl groups excluding tert-OH is 1. The van der Waals surface area contributed by atoms with Gasteiger partial charge in [-0.1, -0.05) is 17.9 Å². The molecule has 2 aromatic carbocycles. The van der Waals surface area contributed by atoms with Gasteiger partial charge < -0.3 is 20.1 Å². The van der Waals surface area contributed by atoms with Gasteiger partial charge in [0, 0.05) is 35.7 Å². The van der Waals surface area contributed by atoms with Crippen LogP contribution in [0.3, 0.4) is 0 Å². The van der Waals surface area contributed by atoms with E-state index in [0.29, 0.717) is 12.3 Å². The van der Waals surface area contributed by atoms with Crippen molar-refractivity contribution in [2.24, 2.45) is 11.8 Å². The fourth-order valence-electron chi connectivity index (χ4n) is 4.95. The maximum absolute atomic E-state index is 13.0. The lowest BCUT2D eigenvalue weighted by Gasteiger charge is -2.39. The van der Waals surface area contributed by atoms with Gasteiger partial charge >= 0.3 is 0 Å². The Labute approximate surface area is 183 Å². The quantitative estimate of drug-likeness (QED) is 0.748. The number of fused-ring (bicyclic) bond motifs is 3. The van der Waals surface area contributed by atoms with Crippen LogP contribution in [0.2, 0.25) is 0 Å². The first-order valence-electron chi connectivity index (χ1n) is 11.1. The van der Waals surface area contributed by atoms with Crippen molar-refractivity contribution in [1.29, 1.82) is 0 Å². The van der Waals surface area contributed by atoms with Gasteiger partial charge in [-0.2, -0.15) is 0 Å². The molecule has 5 nitrogen and oxygen atoms in total. The Morgan fingerprint density at radius 1 is 1.16 bits per heavy atom. The molecule has 5 rings (SSSR count). The second-order valence-electron chi connectivity index (χ2n) is 8.85. The third kappa shape index (κ3) is 4.00. The molecule has 2 fully saturated rings. The van der Waals surface area contributed by atoms with E-state index in [0.717, 1.165) is 41.1 Å². The molecule has 2 heterocycles. The van der Waals surface area contributed by atoms with Crippen molar-refractivity contribution in [2.45, 2.75) is 37.8 Å². The van der Waals surface area contributed by atoms with Crippen LogP contribution in [-0.4, -0.2) is 42.2 Å². The molecule has 160 valence electrons. The van der Waals surface area contributed by atoms with E-state index < -0.39 is 0 Å². The first-order chi connectivity index (χ1) is 15.2. The zero-order valence-electron chi connectivity index (χ0n) is 17.8. The van der Waals surface area contributed by atoms with Gasteiger partial charge in [0.2, 0.25) is 5.91 Å². The average Bonchev–Trinajstić information content (AvgIpc) is 3.50. The van der Waals surface area contributed by atoms with Crippen LogP contribution in [0.1, 0.15) is 48.4 Å². The fraction of sp³-hybridized carbons (Fsp3) is 0.423. The zero-order chi connectivity index (χ0) is 21.4. The predicted molar refractivity (Wildman–Crippen MR) is 120 cm³/mol.